The molecule has 4 aromatic carbocycles. The molecular formula is C53H57Cs2FN10O5. The predicted octanol–water partition coefficient (Wildman–Crippen LogP) is 1.11. The van der Waals surface area contributed by atoms with Gasteiger partial charge in [0, 0.05) is 90.4 Å². The molecule has 4 fully saturated rings. The Hall–Kier alpha value is -3.56. The van der Waals surface area contributed by atoms with E-state index in [1.54, 1.807) is 30.0 Å². The SMILES string of the molecule is C1CNC1.Cc1cc(F)c(-c2n[nH]c(C)c2C)cc1C(=O)N1CC(c2ccc(C#N)cc2)C1.Cc1cc(N2CCC2)c(-c2n[nH]c(C)c2C)cc1C(=O)N1CC(c2ccc(C#N)cc2)C1.O=CO[O-].[Cs+].[Cs+].[H-]. The number of aromatic amines is 2. The maximum atomic E-state index is 14.6. The van der Waals surface area contributed by atoms with Crippen LogP contribution in [0.25, 0.3) is 22.5 Å². The third kappa shape index (κ3) is 13.8. The fraction of sp³-hybridized carbons (Fsp3) is 0.340. The predicted molar refractivity (Wildman–Crippen MR) is 259 cm³/mol. The van der Waals surface area contributed by atoms with E-state index in [1.165, 1.54) is 43.2 Å². The number of benzene rings is 4. The van der Waals surface area contributed by atoms with Gasteiger partial charge in [-0.3, -0.25) is 24.6 Å². The molecule has 358 valence electrons. The summed E-state index contributed by atoms with van der Waals surface area (Å²) in [6.07, 6.45) is 2.59. The summed E-state index contributed by atoms with van der Waals surface area (Å²) in [6, 6.07) is 26.6. The smallest absolute Gasteiger partial charge is 1.00 e. The first-order valence-corrected chi connectivity index (χ1v) is 23.0. The number of aryl methyl sites for hydroxylation is 4. The summed E-state index contributed by atoms with van der Waals surface area (Å²) >= 11 is 0. The number of nitrogens with zero attached hydrogens (tertiary/aromatic N) is 7. The standard InChI is InChI=1S/C26H27N5O.C23H21FN4O.C3H7N.CH2O3.2Cs.H/c1-16-11-24(30-9-4-10-30)23(25-17(2)18(3)28-29-25)12-22(16)26(32)31-14-21(15-31)20-7-5-19(13-27)6-8-20;1-13-8-21(24)20(22-14(2)15(3)26-27-22)9-19(13)23(29)28-11-18(12-28)17-6-4-16(10-25)5-7-17;1-2-4-3-1;2-1-4-3;;;/h5-8,11-12,21H,4,9-10,14-15H2,1-3H3,(H,28,29);4-9,18H,11-12H2,1-3H3,(H,26,27);4H,1-3H2;1,3H;;;/q;;;;2*+1;-1/p-1. The molecule has 18 heteroatoms. The van der Waals surface area contributed by atoms with E-state index in [0.29, 0.717) is 65.6 Å². The molecule has 15 nitrogen and oxygen atoms in total. The summed E-state index contributed by atoms with van der Waals surface area (Å²) in [5, 5.41) is 44.2. The van der Waals surface area contributed by atoms with Crippen molar-refractivity contribution in [3.63, 3.8) is 0 Å². The van der Waals surface area contributed by atoms with Crippen molar-refractivity contribution in [2.24, 2.45) is 0 Å². The molecule has 0 unspecified atom stereocenters. The summed E-state index contributed by atoms with van der Waals surface area (Å²) in [6.45, 7) is 18.7. The second-order valence-electron chi connectivity index (χ2n) is 17.9. The van der Waals surface area contributed by atoms with Crippen molar-refractivity contribution in [1.29, 1.82) is 10.5 Å². The fourth-order valence-corrected chi connectivity index (χ4v) is 8.40. The second kappa shape index (κ2) is 27.1. The van der Waals surface area contributed by atoms with Crippen molar-refractivity contribution in [2.45, 2.75) is 66.2 Å². The number of aromatic nitrogens is 4. The number of H-pyrrole nitrogens is 2. The molecule has 4 aliphatic rings. The summed E-state index contributed by atoms with van der Waals surface area (Å²) in [5.74, 6) is 0.172. The Labute approximate surface area is 533 Å². The third-order valence-electron chi connectivity index (χ3n) is 13.4. The van der Waals surface area contributed by atoms with E-state index < -0.39 is 0 Å². The van der Waals surface area contributed by atoms with Gasteiger partial charge in [0.1, 0.15) is 5.82 Å². The summed E-state index contributed by atoms with van der Waals surface area (Å²) < 4.78 is 14.6. The Morgan fingerprint density at radius 1 is 0.704 bits per heavy atom. The number of carbonyl (C=O) groups is 3. The van der Waals surface area contributed by atoms with Crippen LogP contribution in [-0.2, 0) is 9.68 Å². The summed E-state index contributed by atoms with van der Waals surface area (Å²) in [5.41, 5.74) is 14.4. The number of hydrogen-bond acceptors (Lipinski definition) is 11. The van der Waals surface area contributed by atoms with E-state index in [-0.39, 0.29) is 169 Å². The van der Waals surface area contributed by atoms with E-state index in [2.05, 4.69) is 60.6 Å². The van der Waals surface area contributed by atoms with Gasteiger partial charge in [0.2, 0.25) is 0 Å². The maximum Gasteiger partial charge on any atom is 1.00 e. The van der Waals surface area contributed by atoms with E-state index in [4.69, 9.17) is 20.6 Å². The van der Waals surface area contributed by atoms with Crippen molar-refractivity contribution in [2.75, 3.05) is 57.3 Å². The normalized spacial score (nSPS) is 14.4. The van der Waals surface area contributed by atoms with Crippen molar-refractivity contribution in [3.05, 3.63) is 146 Å². The van der Waals surface area contributed by atoms with E-state index in [1.807, 2.05) is 75.1 Å². The average Bonchev–Trinajstić information content (AvgIpc) is 3.79. The molecule has 0 atom stereocenters. The van der Waals surface area contributed by atoms with Gasteiger partial charge >= 0.3 is 138 Å². The number of carbonyl (C=O) groups excluding carboxylic acids is 3. The van der Waals surface area contributed by atoms with Crippen molar-refractivity contribution in [3.8, 4) is 34.7 Å². The van der Waals surface area contributed by atoms with Crippen molar-refractivity contribution in [1.82, 2.24) is 35.5 Å². The van der Waals surface area contributed by atoms with Gasteiger partial charge in [-0.25, -0.2) is 4.39 Å². The Morgan fingerprint density at radius 2 is 1.10 bits per heavy atom. The molecular weight excluding hydrogens is 1140 g/mol. The first-order chi connectivity index (χ1) is 33.3. The summed E-state index contributed by atoms with van der Waals surface area (Å²) in [7, 11) is 0. The van der Waals surface area contributed by atoms with E-state index in [9.17, 15) is 14.0 Å². The number of amides is 2. The molecule has 2 aromatic heterocycles. The molecule has 71 heavy (non-hydrogen) atoms. The number of halogens is 1. The zero-order valence-corrected chi connectivity index (χ0v) is 54.3. The van der Waals surface area contributed by atoms with Gasteiger partial charge in [0.05, 0.1) is 34.7 Å². The molecule has 0 saturated carbocycles. The second-order valence-corrected chi connectivity index (χ2v) is 17.9. The van der Waals surface area contributed by atoms with Crippen LogP contribution in [0, 0.1) is 70.0 Å². The largest absolute Gasteiger partial charge is 1.00 e. The van der Waals surface area contributed by atoms with Crippen LogP contribution in [-0.4, -0.2) is 101 Å². The molecule has 2 amide bonds. The summed E-state index contributed by atoms with van der Waals surface area (Å²) in [4.78, 5) is 43.8. The molecule has 4 saturated heterocycles. The molecule has 0 spiro atoms. The minimum Gasteiger partial charge on any atom is -1.00 e. The topological polar surface area (TPSA) is 210 Å². The van der Waals surface area contributed by atoms with Crippen LogP contribution in [0.1, 0.15) is 103 Å². The Bertz CT molecular complexity index is 2910. The van der Waals surface area contributed by atoms with Crippen LogP contribution < -0.4 is 153 Å². The number of rotatable bonds is 8. The van der Waals surface area contributed by atoms with Gasteiger partial charge in [-0.15, -0.1) is 0 Å². The monoisotopic (exact) mass is 1200 g/mol. The molecule has 3 N–H and O–H groups in total. The minimum atomic E-state index is -0.382. The number of nitriles is 2. The van der Waals surface area contributed by atoms with Gasteiger partial charge in [-0.1, -0.05) is 24.3 Å². The third-order valence-corrected chi connectivity index (χ3v) is 13.4. The van der Waals surface area contributed by atoms with Gasteiger partial charge in [-0.05, 0) is 149 Å². The van der Waals surface area contributed by atoms with Gasteiger partial charge < -0.3 is 31.6 Å². The van der Waals surface area contributed by atoms with E-state index >= 15 is 0 Å². The van der Waals surface area contributed by atoms with Crippen LogP contribution in [0.2, 0.25) is 0 Å². The Morgan fingerprint density at radius 3 is 1.44 bits per heavy atom. The van der Waals surface area contributed by atoms with Gasteiger partial charge in [0.25, 0.3) is 18.3 Å². The zero-order chi connectivity index (χ0) is 49.4. The van der Waals surface area contributed by atoms with Gasteiger partial charge in [-0.2, -0.15) is 20.7 Å². The maximum absolute atomic E-state index is 14.6. The number of likely N-dealkylation sites (tertiary alicyclic amines) is 2. The molecule has 0 radical (unpaired) electrons. The molecule has 10 rings (SSSR count). The Kier molecular flexibility index (Phi) is 22.3. The van der Waals surface area contributed by atoms with Crippen molar-refractivity contribution < 1.29 is 168 Å². The number of nitrogens with one attached hydrogen (secondary N) is 3. The number of hydrogen-bond donors (Lipinski definition) is 3. The number of anilines is 1. The van der Waals surface area contributed by atoms with Crippen molar-refractivity contribution >= 4 is 24.0 Å². The van der Waals surface area contributed by atoms with E-state index in [0.717, 1.165) is 63.6 Å². The average molecular weight is 1200 g/mol. The van der Waals surface area contributed by atoms with Crippen LogP contribution in [0.5, 0.6) is 0 Å². The quantitative estimate of drug-likeness (QED) is 0.112. The Balaban J connectivity index is 0.000000262. The molecule has 4 aliphatic heterocycles. The zero-order valence-electron chi connectivity index (χ0n) is 42.8. The first-order valence-electron chi connectivity index (χ1n) is 23.0. The minimum absolute atomic E-state index is 0. The molecule has 6 aromatic rings. The van der Waals surface area contributed by atoms with Crippen LogP contribution in [0.15, 0.2) is 72.8 Å². The van der Waals surface area contributed by atoms with Gasteiger partial charge in [0.15, 0.2) is 0 Å². The molecule has 0 aliphatic carbocycles. The fourth-order valence-electron chi connectivity index (χ4n) is 8.40. The van der Waals surface area contributed by atoms with Crippen LogP contribution in [0.3, 0.4) is 0 Å². The van der Waals surface area contributed by atoms with Crippen LogP contribution in [0.4, 0.5) is 10.1 Å². The molecule has 6 heterocycles. The first kappa shape index (κ1) is 58.3. The molecule has 0 bridgehead atoms. The van der Waals surface area contributed by atoms with Crippen LogP contribution >= 0.6 is 0 Å².